The molecule has 1 aromatic rings. The Morgan fingerprint density at radius 2 is 2.31 bits per heavy atom. The predicted molar refractivity (Wildman–Crippen MR) is 63.8 cm³/mol. The molecule has 5 heteroatoms. The summed E-state index contributed by atoms with van der Waals surface area (Å²) < 4.78 is 0. The van der Waals surface area contributed by atoms with Gasteiger partial charge in [0.05, 0.1) is 6.61 Å². The zero-order chi connectivity index (χ0) is 11.5. The van der Waals surface area contributed by atoms with E-state index in [9.17, 15) is 0 Å². The third kappa shape index (κ3) is 2.28. The number of hydrogen-bond acceptors (Lipinski definition) is 4. The molecular formula is C11H16ClN3O. The predicted octanol–water partition coefficient (Wildman–Crippen LogP) is 1.79. The van der Waals surface area contributed by atoms with Crippen LogP contribution in [0.5, 0.6) is 0 Å². The lowest BCUT2D eigenvalue weighted by molar-refractivity contribution is 0.282. The van der Waals surface area contributed by atoms with Crippen molar-refractivity contribution >= 4 is 17.4 Å². The number of anilines is 1. The van der Waals surface area contributed by atoms with E-state index in [1.165, 1.54) is 19.3 Å². The summed E-state index contributed by atoms with van der Waals surface area (Å²) in [5.74, 6) is 0.860. The number of halogens is 1. The number of nitrogens with zero attached hydrogens (tertiary/aromatic N) is 3. The Morgan fingerprint density at radius 3 is 2.88 bits per heavy atom. The van der Waals surface area contributed by atoms with Crippen molar-refractivity contribution in [3.63, 3.8) is 0 Å². The Hall–Kier alpha value is -0.870. The Morgan fingerprint density at radius 1 is 1.56 bits per heavy atom. The van der Waals surface area contributed by atoms with E-state index in [0.717, 1.165) is 11.4 Å². The van der Waals surface area contributed by atoms with E-state index >= 15 is 0 Å². The molecule has 1 fully saturated rings. The van der Waals surface area contributed by atoms with E-state index in [1.807, 2.05) is 6.92 Å². The third-order valence-corrected chi connectivity index (χ3v) is 3.23. The van der Waals surface area contributed by atoms with Gasteiger partial charge in [-0.3, -0.25) is 0 Å². The van der Waals surface area contributed by atoms with Gasteiger partial charge in [0.1, 0.15) is 5.82 Å². The second-order valence-corrected chi connectivity index (χ2v) is 4.49. The van der Waals surface area contributed by atoms with E-state index in [4.69, 9.17) is 16.7 Å². The van der Waals surface area contributed by atoms with E-state index in [-0.39, 0.29) is 11.9 Å². The molecule has 0 spiro atoms. The van der Waals surface area contributed by atoms with Gasteiger partial charge in [0.15, 0.2) is 0 Å². The molecule has 1 aliphatic carbocycles. The minimum Gasteiger partial charge on any atom is -0.395 e. The van der Waals surface area contributed by atoms with Crippen molar-refractivity contribution in [1.82, 2.24) is 9.97 Å². The molecule has 1 heterocycles. The maximum Gasteiger partial charge on any atom is 0.224 e. The summed E-state index contributed by atoms with van der Waals surface area (Å²) in [7, 11) is 0. The molecule has 2 rings (SSSR count). The van der Waals surface area contributed by atoms with Crippen LogP contribution in [0.25, 0.3) is 0 Å². The first-order chi connectivity index (χ1) is 7.72. The Labute approximate surface area is 100 Å². The molecule has 0 aromatic carbocycles. The van der Waals surface area contributed by atoms with Crippen molar-refractivity contribution in [2.24, 2.45) is 0 Å². The second-order valence-electron chi connectivity index (χ2n) is 4.15. The zero-order valence-electron chi connectivity index (χ0n) is 9.36. The number of aryl methyl sites for hydroxylation is 1. The number of aromatic nitrogens is 2. The quantitative estimate of drug-likeness (QED) is 0.817. The van der Waals surface area contributed by atoms with Gasteiger partial charge >= 0.3 is 0 Å². The Balaban J connectivity index is 2.25. The molecular weight excluding hydrogens is 226 g/mol. The van der Waals surface area contributed by atoms with Gasteiger partial charge in [0.25, 0.3) is 0 Å². The van der Waals surface area contributed by atoms with Crippen molar-refractivity contribution in [2.45, 2.75) is 32.2 Å². The minimum atomic E-state index is 0.136. The average molecular weight is 242 g/mol. The van der Waals surface area contributed by atoms with Gasteiger partial charge in [-0.25, -0.2) is 9.97 Å². The first-order valence-corrected chi connectivity index (χ1v) is 5.97. The van der Waals surface area contributed by atoms with Crippen molar-refractivity contribution in [3.05, 3.63) is 17.0 Å². The largest absolute Gasteiger partial charge is 0.395 e. The molecule has 0 bridgehead atoms. The van der Waals surface area contributed by atoms with Crippen LogP contribution in [0.4, 0.5) is 5.82 Å². The van der Waals surface area contributed by atoms with Crippen molar-refractivity contribution in [3.8, 4) is 0 Å². The van der Waals surface area contributed by atoms with Gasteiger partial charge in [-0.15, -0.1) is 0 Å². The first kappa shape index (κ1) is 11.6. The topological polar surface area (TPSA) is 49.2 Å². The average Bonchev–Trinajstić information content (AvgIpc) is 2.18. The van der Waals surface area contributed by atoms with E-state index < -0.39 is 0 Å². The lowest BCUT2D eigenvalue weighted by atomic mass is 9.91. The molecule has 0 radical (unpaired) electrons. The van der Waals surface area contributed by atoms with Crippen LogP contribution < -0.4 is 4.90 Å². The van der Waals surface area contributed by atoms with Crippen molar-refractivity contribution < 1.29 is 5.11 Å². The van der Waals surface area contributed by atoms with Crippen molar-refractivity contribution in [2.75, 3.05) is 18.1 Å². The second kappa shape index (κ2) is 4.97. The zero-order valence-corrected chi connectivity index (χ0v) is 10.1. The lowest BCUT2D eigenvalue weighted by Crippen LogP contribution is -2.42. The third-order valence-electron chi connectivity index (χ3n) is 3.04. The highest BCUT2D eigenvalue weighted by Crippen LogP contribution is 2.30. The van der Waals surface area contributed by atoms with Gasteiger partial charge in [-0.1, -0.05) is 0 Å². The Kier molecular flexibility index (Phi) is 3.61. The molecule has 88 valence electrons. The molecule has 0 aliphatic heterocycles. The fraction of sp³-hybridized carbons (Fsp3) is 0.636. The monoisotopic (exact) mass is 241 g/mol. The van der Waals surface area contributed by atoms with Crippen LogP contribution in [-0.4, -0.2) is 34.3 Å². The van der Waals surface area contributed by atoms with Gasteiger partial charge in [-0.05, 0) is 37.8 Å². The maximum absolute atomic E-state index is 9.11. The van der Waals surface area contributed by atoms with Crippen LogP contribution in [0.3, 0.4) is 0 Å². The first-order valence-electron chi connectivity index (χ1n) is 5.59. The molecule has 1 aromatic heterocycles. The van der Waals surface area contributed by atoms with Crippen LogP contribution in [-0.2, 0) is 0 Å². The standard InChI is InChI=1S/C11H16ClN3O/c1-8-7-13-11(12)14-10(8)15(5-6-16)9-3-2-4-9/h7,9,16H,2-6H2,1H3. The molecule has 1 saturated carbocycles. The summed E-state index contributed by atoms with van der Waals surface area (Å²) in [5.41, 5.74) is 1.00. The summed E-state index contributed by atoms with van der Waals surface area (Å²) in [5, 5.41) is 9.38. The van der Waals surface area contributed by atoms with Gasteiger partial charge < -0.3 is 10.0 Å². The summed E-state index contributed by atoms with van der Waals surface area (Å²) in [4.78, 5) is 10.4. The number of rotatable bonds is 4. The smallest absolute Gasteiger partial charge is 0.224 e. The van der Waals surface area contributed by atoms with Crippen LogP contribution in [0.2, 0.25) is 5.28 Å². The summed E-state index contributed by atoms with van der Waals surface area (Å²) in [6, 6.07) is 0.497. The normalized spacial score (nSPS) is 15.9. The van der Waals surface area contributed by atoms with E-state index in [1.54, 1.807) is 6.20 Å². The molecule has 4 nitrogen and oxygen atoms in total. The lowest BCUT2D eigenvalue weighted by Gasteiger charge is -2.38. The van der Waals surface area contributed by atoms with Crippen LogP contribution in [0, 0.1) is 6.92 Å². The molecule has 1 aliphatic rings. The molecule has 0 unspecified atom stereocenters. The molecule has 0 atom stereocenters. The summed E-state index contributed by atoms with van der Waals surface area (Å²) >= 11 is 5.82. The highest BCUT2D eigenvalue weighted by Gasteiger charge is 2.26. The Bertz CT molecular complexity index is 368. The van der Waals surface area contributed by atoms with E-state index in [2.05, 4.69) is 14.9 Å². The minimum absolute atomic E-state index is 0.136. The highest BCUT2D eigenvalue weighted by molar-refractivity contribution is 6.28. The van der Waals surface area contributed by atoms with Crippen LogP contribution >= 0.6 is 11.6 Å². The van der Waals surface area contributed by atoms with Gasteiger partial charge in [0, 0.05) is 24.3 Å². The van der Waals surface area contributed by atoms with Gasteiger partial charge in [-0.2, -0.15) is 0 Å². The van der Waals surface area contributed by atoms with Gasteiger partial charge in [0.2, 0.25) is 5.28 Å². The van der Waals surface area contributed by atoms with Crippen LogP contribution in [0.1, 0.15) is 24.8 Å². The fourth-order valence-electron chi connectivity index (χ4n) is 1.97. The SMILES string of the molecule is Cc1cnc(Cl)nc1N(CCO)C1CCC1. The maximum atomic E-state index is 9.11. The molecule has 0 amide bonds. The molecule has 16 heavy (non-hydrogen) atoms. The van der Waals surface area contributed by atoms with Crippen molar-refractivity contribution in [1.29, 1.82) is 0 Å². The van der Waals surface area contributed by atoms with E-state index in [0.29, 0.717) is 12.6 Å². The fourth-order valence-corrected chi connectivity index (χ4v) is 2.10. The molecule has 1 N–H and O–H groups in total. The van der Waals surface area contributed by atoms with Crippen LogP contribution in [0.15, 0.2) is 6.20 Å². The summed E-state index contributed by atoms with van der Waals surface area (Å²) in [6.07, 6.45) is 5.32. The summed E-state index contributed by atoms with van der Waals surface area (Å²) in [6.45, 7) is 2.71. The highest BCUT2D eigenvalue weighted by atomic mass is 35.5. The number of aliphatic hydroxyl groups is 1. The number of hydrogen-bond donors (Lipinski definition) is 1. The molecule has 0 saturated heterocycles. The number of aliphatic hydroxyl groups excluding tert-OH is 1.